The molecule has 18 heavy (non-hydrogen) atoms. The van der Waals surface area contributed by atoms with E-state index >= 15 is 0 Å². The van der Waals surface area contributed by atoms with Gasteiger partial charge in [0, 0.05) is 13.2 Å². The molecule has 1 atom stereocenters. The summed E-state index contributed by atoms with van der Waals surface area (Å²) >= 11 is 0. The van der Waals surface area contributed by atoms with Gasteiger partial charge in [-0.05, 0) is 12.8 Å². The van der Waals surface area contributed by atoms with E-state index in [1.807, 2.05) is 11.8 Å². The van der Waals surface area contributed by atoms with Gasteiger partial charge in [-0.1, -0.05) is 6.92 Å². The van der Waals surface area contributed by atoms with Gasteiger partial charge in [0.05, 0.1) is 24.9 Å². The monoisotopic (exact) mass is 255 g/mol. The van der Waals surface area contributed by atoms with Crippen molar-refractivity contribution < 1.29 is 14.2 Å². The fourth-order valence-electron chi connectivity index (χ4n) is 2.16. The first-order valence-corrected chi connectivity index (χ1v) is 6.22. The molecule has 0 saturated carbocycles. The van der Waals surface area contributed by atoms with Gasteiger partial charge in [0.2, 0.25) is 0 Å². The lowest BCUT2D eigenvalue weighted by Crippen LogP contribution is -2.47. The van der Waals surface area contributed by atoms with Gasteiger partial charge in [-0.25, -0.2) is 14.4 Å². The van der Waals surface area contributed by atoms with Crippen molar-refractivity contribution in [2.45, 2.75) is 25.8 Å². The Balaban J connectivity index is 2.27. The van der Waals surface area contributed by atoms with Crippen molar-refractivity contribution >= 4 is 5.82 Å². The summed E-state index contributed by atoms with van der Waals surface area (Å²) in [7, 11) is 0. The second-order valence-electron chi connectivity index (χ2n) is 4.25. The third kappa shape index (κ3) is 2.59. The number of ether oxygens (including phenoxy) is 1. The molecule has 2 heterocycles. The molecule has 0 radical (unpaired) electrons. The quantitative estimate of drug-likeness (QED) is 0.861. The molecule has 0 aliphatic carbocycles. The van der Waals surface area contributed by atoms with Crippen LogP contribution >= 0.6 is 0 Å². The summed E-state index contributed by atoms with van der Waals surface area (Å²) in [6.45, 7) is 3.54. The minimum absolute atomic E-state index is 0.0298. The maximum absolute atomic E-state index is 14.2. The molecule has 100 valence electrons. The highest BCUT2D eigenvalue weighted by Gasteiger charge is 2.27. The maximum Gasteiger partial charge on any atom is 0.187 e. The molecular weight excluding hydrogens is 237 g/mol. The summed E-state index contributed by atoms with van der Waals surface area (Å²) in [6, 6.07) is -0.0298. The maximum atomic E-state index is 14.2. The predicted octanol–water partition coefficient (Wildman–Crippen LogP) is 0.766. The Bertz CT molecular complexity index is 401. The molecule has 0 aromatic carbocycles. The summed E-state index contributed by atoms with van der Waals surface area (Å²) in [6.07, 6.45) is 2.48. The molecule has 0 spiro atoms. The van der Waals surface area contributed by atoms with Crippen LogP contribution in [-0.4, -0.2) is 47.5 Å². The zero-order chi connectivity index (χ0) is 13.0. The molecular formula is C12H18FN3O2. The highest BCUT2D eigenvalue weighted by Crippen LogP contribution is 2.23. The zero-order valence-corrected chi connectivity index (χ0v) is 10.5. The van der Waals surface area contributed by atoms with Gasteiger partial charge >= 0.3 is 0 Å². The van der Waals surface area contributed by atoms with Crippen molar-refractivity contribution in [1.82, 2.24) is 9.97 Å². The van der Waals surface area contributed by atoms with Gasteiger partial charge in [0.1, 0.15) is 6.33 Å². The van der Waals surface area contributed by atoms with Crippen LogP contribution < -0.4 is 4.90 Å². The number of aliphatic hydroxyl groups excluding tert-OH is 1. The van der Waals surface area contributed by atoms with Crippen LogP contribution in [0.5, 0.6) is 0 Å². The topological polar surface area (TPSA) is 58.5 Å². The number of halogens is 1. The molecule has 6 heteroatoms. The number of aryl methyl sites for hydroxylation is 1. The largest absolute Gasteiger partial charge is 0.396 e. The minimum atomic E-state index is -0.357. The lowest BCUT2D eigenvalue weighted by Gasteiger charge is -2.36. The van der Waals surface area contributed by atoms with Crippen LogP contribution in [-0.2, 0) is 11.2 Å². The average Bonchev–Trinajstić information content (AvgIpc) is 2.40. The van der Waals surface area contributed by atoms with Crippen molar-refractivity contribution in [3.63, 3.8) is 0 Å². The lowest BCUT2D eigenvalue weighted by atomic mass is 10.1. The summed E-state index contributed by atoms with van der Waals surface area (Å²) in [4.78, 5) is 9.85. The Morgan fingerprint density at radius 2 is 2.39 bits per heavy atom. The summed E-state index contributed by atoms with van der Waals surface area (Å²) in [5.41, 5.74) is 0.425. The third-order valence-corrected chi connectivity index (χ3v) is 3.14. The van der Waals surface area contributed by atoms with Crippen molar-refractivity contribution in [3.05, 3.63) is 17.8 Å². The zero-order valence-electron chi connectivity index (χ0n) is 10.5. The normalized spacial score (nSPS) is 20.2. The van der Waals surface area contributed by atoms with E-state index in [9.17, 15) is 4.39 Å². The van der Waals surface area contributed by atoms with E-state index < -0.39 is 0 Å². The number of rotatable bonds is 4. The van der Waals surface area contributed by atoms with Gasteiger partial charge in [-0.2, -0.15) is 0 Å². The molecule has 1 aromatic rings. The fraction of sp³-hybridized carbons (Fsp3) is 0.667. The van der Waals surface area contributed by atoms with Crippen molar-refractivity contribution in [3.8, 4) is 0 Å². The van der Waals surface area contributed by atoms with E-state index in [2.05, 4.69) is 9.97 Å². The molecule has 1 N–H and O–H groups in total. The van der Waals surface area contributed by atoms with Crippen LogP contribution in [0.2, 0.25) is 0 Å². The lowest BCUT2D eigenvalue weighted by molar-refractivity contribution is 0.0841. The number of aromatic nitrogens is 2. The van der Waals surface area contributed by atoms with Crippen LogP contribution in [0.3, 0.4) is 0 Å². The molecule has 1 fully saturated rings. The van der Waals surface area contributed by atoms with Crippen molar-refractivity contribution in [2.75, 3.05) is 31.3 Å². The van der Waals surface area contributed by atoms with E-state index in [-0.39, 0.29) is 18.5 Å². The Labute approximate surface area is 106 Å². The number of hydrogen-bond donors (Lipinski definition) is 1. The van der Waals surface area contributed by atoms with Crippen LogP contribution in [0.1, 0.15) is 19.0 Å². The molecule has 2 rings (SSSR count). The second-order valence-corrected chi connectivity index (χ2v) is 4.25. The average molecular weight is 255 g/mol. The van der Waals surface area contributed by atoms with Gasteiger partial charge in [0.25, 0.3) is 0 Å². The van der Waals surface area contributed by atoms with Crippen LogP contribution in [0, 0.1) is 5.82 Å². The Morgan fingerprint density at radius 1 is 1.56 bits per heavy atom. The van der Waals surface area contributed by atoms with Crippen molar-refractivity contribution in [1.29, 1.82) is 0 Å². The summed E-state index contributed by atoms with van der Waals surface area (Å²) in [5, 5.41) is 9.04. The number of aliphatic hydroxyl groups is 1. The Hall–Kier alpha value is -1.27. The first-order valence-electron chi connectivity index (χ1n) is 6.22. The van der Waals surface area contributed by atoms with Gasteiger partial charge in [-0.15, -0.1) is 0 Å². The fourth-order valence-corrected chi connectivity index (χ4v) is 2.16. The first-order chi connectivity index (χ1) is 8.77. The third-order valence-electron chi connectivity index (χ3n) is 3.14. The Kier molecular flexibility index (Phi) is 4.43. The highest BCUT2D eigenvalue weighted by atomic mass is 19.1. The van der Waals surface area contributed by atoms with Crippen LogP contribution in [0.4, 0.5) is 10.2 Å². The number of nitrogens with zero attached hydrogens (tertiary/aromatic N) is 3. The summed E-state index contributed by atoms with van der Waals surface area (Å²) in [5.74, 6) is -0.0339. The van der Waals surface area contributed by atoms with E-state index in [1.54, 1.807) is 0 Å². The molecule has 1 saturated heterocycles. The molecule has 0 unspecified atom stereocenters. The smallest absolute Gasteiger partial charge is 0.187 e. The molecule has 1 aliphatic heterocycles. The minimum Gasteiger partial charge on any atom is -0.396 e. The number of anilines is 1. The second kappa shape index (κ2) is 6.06. The molecule has 1 aliphatic rings. The van der Waals surface area contributed by atoms with Crippen LogP contribution in [0.25, 0.3) is 0 Å². The van der Waals surface area contributed by atoms with Crippen LogP contribution in [0.15, 0.2) is 6.33 Å². The SMILES string of the molecule is CCc1ncnc(N2CCOC[C@H]2CCO)c1F. The standard InChI is InChI=1S/C12H18FN3O2/c1-2-10-11(13)12(15-8-14-10)16-4-6-18-7-9(16)3-5-17/h8-9,17H,2-7H2,1H3/t9-/m1/s1. The molecule has 0 bridgehead atoms. The highest BCUT2D eigenvalue weighted by molar-refractivity contribution is 5.42. The summed E-state index contributed by atoms with van der Waals surface area (Å²) < 4.78 is 19.6. The van der Waals surface area contributed by atoms with Gasteiger partial charge in [0.15, 0.2) is 11.6 Å². The molecule has 0 amide bonds. The molecule has 1 aromatic heterocycles. The Morgan fingerprint density at radius 3 is 3.11 bits per heavy atom. The first kappa shape index (κ1) is 13.2. The van der Waals surface area contributed by atoms with Gasteiger partial charge < -0.3 is 14.7 Å². The number of morpholine rings is 1. The van der Waals surface area contributed by atoms with Crippen molar-refractivity contribution in [2.24, 2.45) is 0 Å². The van der Waals surface area contributed by atoms with E-state index in [4.69, 9.17) is 9.84 Å². The van der Waals surface area contributed by atoms with E-state index in [0.717, 1.165) is 0 Å². The van der Waals surface area contributed by atoms with E-state index in [0.29, 0.717) is 44.1 Å². The molecule has 5 nitrogen and oxygen atoms in total. The van der Waals surface area contributed by atoms with Gasteiger partial charge in [-0.3, -0.25) is 0 Å². The van der Waals surface area contributed by atoms with E-state index in [1.165, 1.54) is 6.33 Å². The number of hydrogen-bond acceptors (Lipinski definition) is 5. The predicted molar refractivity (Wildman–Crippen MR) is 65.0 cm³/mol.